The first-order chi connectivity index (χ1) is 11.6. The molecular weight excluding hydrogens is 395 g/mol. The number of unbranched alkanes of at least 4 members (excludes halogenated alkanes) is 3. The Morgan fingerprint density at radius 2 is 1.24 bits per heavy atom. The van der Waals surface area contributed by atoms with Gasteiger partial charge in [-0.15, -0.1) is 0 Å². The van der Waals surface area contributed by atoms with E-state index in [1.165, 1.54) is 38.5 Å². The maximum absolute atomic E-state index is 9.00. The van der Waals surface area contributed by atoms with Crippen LogP contribution in [-0.2, 0) is 32.8 Å². The van der Waals surface area contributed by atoms with E-state index in [1.807, 2.05) is 30.3 Å². The van der Waals surface area contributed by atoms with Gasteiger partial charge in [-0.2, -0.15) is 18.2 Å². The van der Waals surface area contributed by atoms with Gasteiger partial charge < -0.3 is 4.55 Å². The fourth-order valence-electron chi connectivity index (χ4n) is 1.98. The molecule has 0 aliphatic carbocycles. The molecule has 0 bridgehead atoms. The van der Waals surface area contributed by atoms with Crippen molar-refractivity contribution in [1.82, 2.24) is 0 Å². The van der Waals surface area contributed by atoms with Gasteiger partial charge in [0.05, 0.1) is 18.5 Å². The number of hydrogen-bond donors (Lipinski definition) is 0. The van der Waals surface area contributed by atoms with Gasteiger partial charge in [0, 0.05) is 7.92 Å². The van der Waals surface area contributed by atoms with Crippen molar-refractivity contribution in [2.45, 2.75) is 59.3 Å². The van der Waals surface area contributed by atoms with Crippen LogP contribution in [0.3, 0.4) is 0 Å². The summed E-state index contributed by atoms with van der Waals surface area (Å²) in [6.07, 6.45) is 14.5. The SMILES string of the molecule is CCCC[PH+](CCCC)CCCC.CS(=O)[O-].[C-]#[O+].[Fe+6].c1cc[cH-]c1. The molecule has 0 radical (unpaired) electrons. The van der Waals surface area contributed by atoms with Crippen LogP contribution in [0.4, 0.5) is 0 Å². The predicted molar refractivity (Wildman–Crippen MR) is 108 cm³/mol. The molecule has 6 heteroatoms. The molecule has 144 valence electrons. The first-order valence-electron chi connectivity index (χ1n) is 8.79. The molecular formula is C19H36FeO3PS+5. The van der Waals surface area contributed by atoms with E-state index in [1.54, 1.807) is 18.5 Å². The van der Waals surface area contributed by atoms with Crippen LogP contribution >= 0.6 is 7.92 Å². The standard InChI is InChI=1S/C12H27P.C5H5.CH4O2S.CO.Fe/c1-4-7-10-13(11-8-5-2)12-9-6-3;1-2-4-5-3-1;1-4(2)3;1-2;/h4-12H2,1-3H3;1-5H;1H3,(H,2,3);;/q;-1;;;+6. The third kappa shape index (κ3) is 40.3. The van der Waals surface area contributed by atoms with Gasteiger partial charge in [0.2, 0.25) is 0 Å². The molecule has 0 heterocycles. The molecule has 0 saturated carbocycles. The zero-order valence-electron chi connectivity index (χ0n) is 16.2. The summed E-state index contributed by atoms with van der Waals surface area (Å²) in [4.78, 5) is 0. The second-order valence-electron chi connectivity index (χ2n) is 5.42. The first kappa shape index (κ1) is 32.8. The molecule has 1 unspecified atom stereocenters. The fraction of sp³-hybridized carbons (Fsp3) is 0.684. The molecule has 1 rings (SSSR count). The van der Waals surface area contributed by atoms with Crippen LogP contribution in [0, 0.1) is 6.65 Å². The first-order valence-corrected chi connectivity index (χ1v) is 12.4. The molecule has 0 amide bonds. The maximum atomic E-state index is 9.00. The molecule has 1 aromatic carbocycles. The summed E-state index contributed by atoms with van der Waals surface area (Å²) in [5.74, 6) is 0. The average molecular weight is 431 g/mol. The second kappa shape index (κ2) is 31.9. The summed E-state index contributed by atoms with van der Waals surface area (Å²) < 4.78 is 25.5. The van der Waals surface area contributed by atoms with Crippen molar-refractivity contribution < 1.29 is 30.5 Å². The van der Waals surface area contributed by atoms with Gasteiger partial charge in [-0.25, -0.2) is 12.1 Å². The van der Waals surface area contributed by atoms with E-state index < -0.39 is 11.1 Å². The predicted octanol–water partition coefficient (Wildman–Crippen LogP) is 5.46. The Hall–Kier alpha value is 0.149. The Kier molecular flexibility index (Phi) is 41.8. The van der Waals surface area contributed by atoms with E-state index >= 15 is 0 Å². The Morgan fingerprint density at radius 1 is 0.960 bits per heavy atom. The zero-order chi connectivity index (χ0) is 19.1. The van der Waals surface area contributed by atoms with Crippen molar-refractivity contribution >= 4 is 19.0 Å². The van der Waals surface area contributed by atoms with Gasteiger partial charge in [0.15, 0.2) is 0 Å². The maximum Gasteiger partial charge on any atom is 6.00 e. The molecule has 3 nitrogen and oxygen atoms in total. The molecule has 0 fully saturated rings. The van der Waals surface area contributed by atoms with E-state index in [0.717, 1.165) is 6.26 Å². The largest absolute Gasteiger partial charge is 6.00 e. The van der Waals surface area contributed by atoms with Crippen molar-refractivity contribution in [3.05, 3.63) is 37.0 Å². The van der Waals surface area contributed by atoms with E-state index in [-0.39, 0.29) is 25.0 Å². The van der Waals surface area contributed by atoms with Gasteiger partial charge in [-0.05, 0) is 25.5 Å². The summed E-state index contributed by atoms with van der Waals surface area (Å²) in [7, 11) is 0.0675. The summed E-state index contributed by atoms with van der Waals surface area (Å²) >= 11 is -1.86. The van der Waals surface area contributed by atoms with Gasteiger partial charge in [-0.3, -0.25) is 4.21 Å². The molecule has 0 aliphatic rings. The van der Waals surface area contributed by atoms with E-state index in [2.05, 4.69) is 27.4 Å². The van der Waals surface area contributed by atoms with Gasteiger partial charge >= 0.3 is 28.4 Å². The van der Waals surface area contributed by atoms with E-state index in [9.17, 15) is 0 Å². The minimum atomic E-state index is -1.86. The molecule has 25 heavy (non-hydrogen) atoms. The topological polar surface area (TPSA) is 60.0 Å². The molecule has 1 atom stereocenters. The molecule has 0 saturated heterocycles. The minimum absolute atomic E-state index is 0. The Labute approximate surface area is 170 Å². The Bertz CT molecular complexity index is 305. The molecule has 0 spiro atoms. The number of rotatable bonds is 9. The normalized spacial score (nSPS) is 9.92. The molecule has 1 aromatic rings. The summed E-state index contributed by atoms with van der Waals surface area (Å²) in [5.41, 5.74) is 0. The van der Waals surface area contributed by atoms with Crippen LogP contribution in [0.2, 0.25) is 0 Å². The quantitative estimate of drug-likeness (QED) is 0.171. The Balaban J connectivity index is -0.000000151. The van der Waals surface area contributed by atoms with Crippen LogP contribution in [0.5, 0.6) is 0 Å². The van der Waals surface area contributed by atoms with Crippen LogP contribution in [0.25, 0.3) is 0 Å². The van der Waals surface area contributed by atoms with Crippen LogP contribution < -0.4 is 0 Å². The van der Waals surface area contributed by atoms with Gasteiger partial charge in [0.1, 0.15) is 0 Å². The van der Waals surface area contributed by atoms with E-state index in [0.29, 0.717) is 0 Å². The van der Waals surface area contributed by atoms with Crippen molar-refractivity contribution in [2.75, 3.05) is 24.7 Å². The van der Waals surface area contributed by atoms with Crippen molar-refractivity contribution in [2.24, 2.45) is 0 Å². The summed E-state index contributed by atoms with van der Waals surface area (Å²) in [5, 5.41) is 0. The zero-order valence-corrected chi connectivity index (χ0v) is 19.2. The number of hydrogen-bond acceptors (Lipinski definition) is 2. The second-order valence-corrected chi connectivity index (χ2v) is 9.23. The Morgan fingerprint density at radius 3 is 1.40 bits per heavy atom. The monoisotopic (exact) mass is 431 g/mol. The molecule has 0 N–H and O–H groups in total. The smallest absolute Gasteiger partial charge is 0.214 e. The van der Waals surface area contributed by atoms with Crippen LogP contribution in [0.1, 0.15) is 59.3 Å². The van der Waals surface area contributed by atoms with Gasteiger partial charge in [0.25, 0.3) is 0 Å². The third-order valence-electron chi connectivity index (χ3n) is 3.21. The van der Waals surface area contributed by atoms with Crippen molar-refractivity contribution in [1.29, 1.82) is 0 Å². The molecule has 0 aliphatic heterocycles. The minimum Gasteiger partial charge on any atom is -0.214 e. The summed E-state index contributed by atoms with van der Waals surface area (Å²) in [6, 6.07) is 10.0. The van der Waals surface area contributed by atoms with E-state index in [4.69, 9.17) is 13.4 Å². The van der Waals surface area contributed by atoms with Crippen LogP contribution in [0.15, 0.2) is 30.3 Å². The summed E-state index contributed by atoms with van der Waals surface area (Å²) in [6.45, 7) is 11.5. The van der Waals surface area contributed by atoms with Crippen molar-refractivity contribution in [3.63, 3.8) is 0 Å². The fourth-order valence-corrected chi connectivity index (χ4v) is 5.29. The third-order valence-corrected chi connectivity index (χ3v) is 6.39. The van der Waals surface area contributed by atoms with Crippen molar-refractivity contribution in [3.8, 4) is 0 Å². The average Bonchev–Trinajstić information content (AvgIpc) is 3.15. The van der Waals surface area contributed by atoms with Crippen LogP contribution in [-0.4, -0.2) is 33.5 Å². The molecule has 0 aromatic heterocycles. The van der Waals surface area contributed by atoms with Gasteiger partial charge in [-0.1, -0.05) is 51.1 Å².